The van der Waals surface area contributed by atoms with Gasteiger partial charge in [0.25, 0.3) is 0 Å². The number of rotatable bonds is 4. The molecule has 0 aliphatic heterocycles. The maximum Gasteiger partial charge on any atom is 0.237 e. The third-order valence-electron chi connectivity index (χ3n) is 6.12. The van der Waals surface area contributed by atoms with Crippen LogP contribution in [-0.4, -0.2) is 9.97 Å². The Labute approximate surface area is 229 Å². The lowest BCUT2D eigenvalue weighted by Gasteiger charge is -1.96. The van der Waals surface area contributed by atoms with Crippen LogP contribution in [0.3, 0.4) is 0 Å². The van der Waals surface area contributed by atoms with E-state index in [0.717, 1.165) is 73.7 Å². The van der Waals surface area contributed by atoms with Gasteiger partial charge in [0.2, 0.25) is 11.8 Å². The van der Waals surface area contributed by atoms with Gasteiger partial charge in [-0.3, -0.25) is 0 Å². The molecule has 0 aliphatic carbocycles. The van der Waals surface area contributed by atoms with Gasteiger partial charge in [0.1, 0.15) is 11.0 Å². The van der Waals surface area contributed by atoms with Crippen LogP contribution in [0.2, 0.25) is 0 Å². The molecule has 0 bridgehead atoms. The van der Waals surface area contributed by atoms with Crippen molar-refractivity contribution in [2.75, 3.05) is 0 Å². The standard InChI is InChI=1S/C28H12F2N2O2S4/c29-25-7-5-21(37-25)19-1-3-23(35-19)27-31-15-9-13-12-18-16(10-14(13)11-17(15)33-27)32-28(34-18)24-4-2-20(36-24)22-6-8-26(30)38-22/h1-12H. The lowest BCUT2D eigenvalue weighted by atomic mass is 10.1. The van der Waals surface area contributed by atoms with E-state index in [1.54, 1.807) is 12.1 Å². The summed E-state index contributed by atoms with van der Waals surface area (Å²) in [6.45, 7) is 0. The van der Waals surface area contributed by atoms with E-state index in [0.29, 0.717) is 22.9 Å². The summed E-state index contributed by atoms with van der Waals surface area (Å²) < 4.78 is 39.1. The van der Waals surface area contributed by atoms with Crippen molar-refractivity contribution >= 4 is 78.3 Å². The quantitative estimate of drug-likeness (QED) is 0.210. The Hall–Kier alpha value is -3.70. The van der Waals surface area contributed by atoms with Gasteiger partial charge in [-0.05, 0) is 83.6 Å². The zero-order chi connectivity index (χ0) is 25.4. The molecule has 10 heteroatoms. The van der Waals surface area contributed by atoms with Crippen LogP contribution in [0.15, 0.2) is 81.6 Å². The van der Waals surface area contributed by atoms with Gasteiger partial charge in [0, 0.05) is 19.5 Å². The number of aromatic nitrogens is 2. The van der Waals surface area contributed by atoms with Crippen LogP contribution in [-0.2, 0) is 0 Å². The second kappa shape index (κ2) is 8.40. The second-order valence-electron chi connectivity index (χ2n) is 8.56. The van der Waals surface area contributed by atoms with E-state index in [9.17, 15) is 8.78 Å². The molecule has 0 atom stereocenters. The maximum atomic E-state index is 13.4. The maximum absolute atomic E-state index is 13.4. The lowest BCUT2D eigenvalue weighted by Crippen LogP contribution is -1.76. The van der Waals surface area contributed by atoms with E-state index in [-0.39, 0.29) is 10.3 Å². The zero-order valence-electron chi connectivity index (χ0n) is 19.0. The normalized spacial score (nSPS) is 11.9. The average molecular weight is 575 g/mol. The number of thiophene rings is 4. The van der Waals surface area contributed by atoms with Gasteiger partial charge >= 0.3 is 0 Å². The first kappa shape index (κ1) is 22.3. The van der Waals surface area contributed by atoms with Crippen LogP contribution < -0.4 is 0 Å². The highest BCUT2D eigenvalue weighted by atomic mass is 32.1. The number of nitrogens with zero attached hydrogens (tertiary/aromatic N) is 2. The molecule has 0 saturated heterocycles. The predicted octanol–water partition coefficient (Wildman–Crippen LogP) is 10.3. The Morgan fingerprint density at radius 1 is 0.474 bits per heavy atom. The van der Waals surface area contributed by atoms with E-state index in [4.69, 9.17) is 18.8 Å². The monoisotopic (exact) mass is 574 g/mol. The van der Waals surface area contributed by atoms with Gasteiger partial charge in [0.05, 0.1) is 9.75 Å². The Balaban J connectivity index is 1.15. The minimum Gasteiger partial charge on any atom is -0.435 e. The molecule has 2 aromatic carbocycles. The Morgan fingerprint density at radius 2 is 0.868 bits per heavy atom. The van der Waals surface area contributed by atoms with Crippen molar-refractivity contribution in [3.8, 4) is 41.0 Å². The van der Waals surface area contributed by atoms with Gasteiger partial charge in [0.15, 0.2) is 21.4 Å². The summed E-state index contributed by atoms with van der Waals surface area (Å²) in [5.74, 6) is 1.07. The first-order chi connectivity index (χ1) is 18.6. The molecular formula is C28H12F2N2O2S4. The summed E-state index contributed by atoms with van der Waals surface area (Å²) in [5.41, 5.74) is 2.85. The molecule has 0 unspecified atom stereocenters. The molecule has 4 nitrogen and oxygen atoms in total. The summed E-state index contributed by atoms with van der Waals surface area (Å²) in [5, 5.41) is 1.53. The number of benzene rings is 2. The molecule has 0 aliphatic rings. The Morgan fingerprint density at radius 3 is 1.29 bits per heavy atom. The van der Waals surface area contributed by atoms with E-state index >= 15 is 0 Å². The topological polar surface area (TPSA) is 52.1 Å². The number of hydrogen-bond donors (Lipinski definition) is 0. The SMILES string of the molecule is Fc1ccc(-c2ccc(-c3nc4cc5cc6oc(-c7ccc(-c8ccc(F)s8)s7)nc6cc5cc4o3)s2)s1. The van der Waals surface area contributed by atoms with E-state index < -0.39 is 0 Å². The van der Waals surface area contributed by atoms with E-state index in [1.165, 1.54) is 34.8 Å². The van der Waals surface area contributed by atoms with Crippen LogP contribution in [0.1, 0.15) is 0 Å². The molecule has 8 aromatic rings. The van der Waals surface area contributed by atoms with Crippen molar-refractivity contribution in [2.24, 2.45) is 0 Å². The molecule has 38 heavy (non-hydrogen) atoms. The van der Waals surface area contributed by atoms with E-state index in [2.05, 4.69) is 0 Å². The summed E-state index contributed by atoms with van der Waals surface area (Å²) in [6, 6.07) is 22.2. The van der Waals surface area contributed by atoms with Crippen molar-refractivity contribution in [3.63, 3.8) is 0 Å². The highest BCUT2D eigenvalue weighted by Crippen LogP contribution is 2.40. The third-order valence-corrected chi connectivity index (χ3v) is 10.4. The van der Waals surface area contributed by atoms with Crippen molar-refractivity contribution in [2.45, 2.75) is 0 Å². The van der Waals surface area contributed by atoms with Crippen LogP contribution in [0.5, 0.6) is 0 Å². The average Bonchev–Trinajstić information content (AvgIpc) is 3.71. The molecule has 6 heterocycles. The molecule has 6 aromatic heterocycles. The van der Waals surface area contributed by atoms with Crippen molar-refractivity contribution < 1.29 is 17.6 Å². The van der Waals surface area contributed by atoms with Gasteiger partial charge in [-0.2, -0.15) is 8.78 Å². The minimum absolute atomic E-state index is 0.203. The number of oxazole rings is 2. The van der Waals surface area contributed by atoms with Crippen LogP contribution in [0.4, 0.5) is 8.78 Å². The van der Waals surface area contributed by atoms with Crippen LogP contribution in [0, 0.1) is 10.3 Å². The predicted molar refractivity (Wildman–Crippen MR) is 152 cm³/mol. The first-order valence-corrected chi connectivity index (χ1v) is 14.7. The van der Waals surface area contributed by atoms with Gasteiger partial charge < -0.3 is 8.83 Å². The summed E-state index contributed by atoms with van der Waals surface area (Å²) in [4.78, 5) is 14.9. The Bertz CT molecular complexity index is 1920. The highest BCUT2D eigenvalue weighted by Gasteiger charge is 2.16. The van der Waals surface area contributed by atoms with Gasteiger partial charge in [-0.25, -0.2) is 9.97 Å². The van der Waals surface area contributed by atoms with Crippen LogP contribution in [0.25, 0.3) is 74.0 Å². The molecule has 0 fully saturated rings. The number of hydrogen-bond acceptors (Lipinski definition) is 8. The number of halogens is 2. The molecule has 0 amide bonds. The van der Waals surface area contributed by atoms with E-state index in [1.807, 2.05) is 48.5 Å². The summed E-state index contributed by atoms with van der Waals surface area (Å²) >= 11 is 5.29. The smallest absolute Gasteiger partial charge is 0.237 e. The Kier molecular flexibility index (Phi) is 4.93. The number of fused-ring (bicyclic) bond motifs is 3. The highest BCUT2D eigenvalue weighted by molar-refractivity contribution is 7.23. The minimum atomic E-state index is -0.203. The fourth-order valence-corrected chi connectivity index (χ4v) is 7.88. The molecule has 0 spiro atoms. The van der Waals surface area contributed by atoms with Crippen molar-refractivity contribution in [1.29, 1.82) is 0 Å². The fourth-order valence-electron chi connectivity index (χ4n) is 4.37. The first-order valence-electron chi connectivity index (χ1n) is 11.4. The fraction of sp³-hybridized carbons (Fsp3) is 0. The largest absolute Gasteiger partial charge is 0.435 e. The molecule has 0 radical (unpaired) electrons. The van der Waals surface area contributed by atoms with Crippen molar-refractivity contribution in [1.82, 2.24) is 9.97 Å². The summed E-state index contributed by atoms with van der Waals surface area (Å²) in [6.07, 6.45) is 0. The summed E-state index contributed by atoms with van der Waals surface area (Å²) in [7, 11) is 0. The van der Waals surface area contributed by atoms with Gasteiger partial charge in [-0.15, -0.1) is 45.3 Å². The molecular weight excluding hydrogens is 563 g/mol. The molecule has 8 rings (SSSR count). The lowest BCUT2D eigenvalue weighted by molar-refractivity contribution is 0.621. The van der Waals surface area contributed by atoms with Crippen molar-refractivity contribution in [3.05, 3.63) is 83.1 Å². The molecule has 0 saturated carbocycles. The second-order valence-corrected chi connectivity index (χ2v) is 12.8. The molecule has 0 N–H and O–H groups in total. The third kappa shape index (κ3) is 3.71. The van der Waals surface area contributed by atoms with Gasteiger partial charge in [-0.1, -0.05) is 0 Å². The molecule has 184 valence electrons. The van der Waals surface area contributed by atoms with Crippen LogP contribution >= 0.6 is 45.3 Å². The zero-order valence-corrected chi connectivity index (χ0v) is 22.3.